The number of benzene rings is 3. The van der Waals surface area contributed by atoms with Gasteiger partial charge in [-0.1, -0.05) is 49.0 Å². The van der Waals surface area contributed by atoms with E-state index >= 15 is 0 Å². The van der Waals surface area contributed by atoms with E-state index in [0.717, 1.165) is 22.9 Å². The van der Waals surface area contributed by atoms with Crippen molar-refractivity contribution in [3.63, 3.8) is 0 Å². The number of esters is 1. The maximum absolute atomic E-state index is 12.1. The fourth-order valence-electron chi connectivity index (χ4n) is 2.90. The van der Waals surface area contributed by atoms with Crippen LogP contribution in [0.25, 0.3) is 10.8 Å². The summed E-state index contributed by atoms with van der Waals surface area (Å²) < 4.78 is 16.2. The Balaban J connectivity index is 1.53. The molecule has 0 aromatic heterocycles. The van der Waals surface area contributed by atoms with Crippen LogP contribution >= 0.6 is 0 Å². The molecule has 0 heterocycles. The molecule has 3 aromatic rings. The summed E-state index contributed by atoms with van der Waals surface area (Å²) in [5, 5.41) is 4.25. The third-order valence-electron chi connectivity index (χ3n) is 4.47. The third-order valence-corrected chi connectivity index (χ3v) is 4.47. The number of hydrogen-bond donors (Lipinski definition) is 1. The molecular weight excluding hydrogens is 394 g/mol. The van der Waals surface area contributed by atoms with Crippen molar-refractivity contribution < 1.29 is 23.8 Å². The first-order valence-electron chi connectivity index (χ1n) is 10.0. The molecule has 0 radical (unpaired) electrons. The predicted molar refractivity (Wildman–Crippen MR) is 119 cm³/mol. The van der Waals surface area contributed by atoms with Crippen molar-refractivity contribution in [3.05, 3.63) is 84.4 Å². The Labute approximate surface area is 181 Å². The van der Waals surface area contributed by atoms with Crippen LogP contribution in [0.15, 0.2) is 78.9 Å². The van der Waals surface area contributed by atoms with Gasteiger partial charge in [-0.2, -0.15) is 0 Å². The largest absolute Gasteiger partial charge is 0.493 e. The first kappa shape index (κ1) is 21.9. The van der Waals surface area contributed by atoms with E-state index in [1.807, 2.05) is 48.5 Å². The molecule has 1 N–H and O–H groups in total. The molecule has 0 saturated carbocycles. The second-order valence-corrected chi connectivity index (χ2v) is 6.96. The van der Waals surface area contributed by atoms with Gasteiger partial charge in [0.05, 0.1) is 13.2 Å². The van der Waals surface area contributed by atoms with Crippen LogP contribution in [0.2, 0.25) is 0 Å². The molecule has 0 aliphatic heterocycles. The van der Waals surface area contributed by atoms with E-state index in [1.54, 1.807) is 13.0 Å². The molecule has 6 nitrogen and oxygen atoms in total. The van der Waals surface area contributed by atoms with Gasteiger partial charge in [-0.15, -0.1) is 0 Å². The van der Waals surface area contributed by atoms with Gasteiger partial charge in [-0.05, 0) is 42.1 Å². The van der Waals surface area contributed by atoms with E-state index < -0.39 is 12.1 Å². The van der Waals surface area contributed by atoms with Gasteiger partial charge in [-0.3, -0.25) is 0 Å². The highest BCUT2D eigenvalue weighted by molar-refractivity contribution is 5.91. The van der Waals surface area contributed by atoms with Crippen molar-refractivity contribution in [2.75, 3.05) is 19.8 Å². The third kappa shape index (κ3) is 6.60. The molecule has 31 heavy (non-hydrogen) atoms. The van der Waals surface area contributed by atoms with E-state index in [9.17, 15) is 9.59 Å². The summed E-state index contributed by atoms with van der Waals surface area (Å²) in [6.45, 7) is 5.81. The van der Waals surface area contributed by atoms with Gasteiger partial charge in [0.25, 0.3) is 0 Å². The van der Waals surface area contributed by atoms with Crippen molar-refractivity contribution in [2.24, 2.45) is 0 Å². The lowest BCUT2D eigenvalue weighted by Crippen LogP contribution is -2.30. The molecule has 0 bridgehead atoms. The van der Waals surface area contributed by atoms with Crippen molar-refractivity contribution in [2.45, 2.75) is 13.3 Å². The van der Waals surface area contributed by atoms with Gasteiger partial charge in [0.1, 0.15) is 18.1 Å². The van der Waals surface area contributed by atoms with Gasteiger partial charge in [0, 0.05) is 17.4 Å². The first-order chi connectivity index (χ1) is 15.0. The van der Waals surface area contributed by atoms with E-state index in [0.29, 0.717) is 17.9 Å². The number of ether oxygens (including phenoxy) is 3. The normalized spacial score (nSPS) is 10.4. The lowest BCUT2D eigenvalue weighted by atomic mass is 10.1. The van der Waals surface area contributed by atoms with Crippen molar-refractivity contribution in [1.29, 1.82) is 0 Å². The fourth-order valence-corrected chi connectivity index (χ4v) is 2.90. The maximum atomic E-state index is 12.1. The Kier molecular flexibility index (Phi) is 7.65. The molecule has 0 aliphatic rings. The minimum atomic E-state index is -0.623. The smallest absolute Gasteiger partial charge is 0.412 e. The Morgan fingerprint density at radius 3 is 2.55 bits per heavy atom. The molecule has 0 spiro atoms. The van der Waals surface area contributed by atoms with Crippen LogP contribution in [-0.4, -0.2) is 31.8 Å². The molecule has 0 fully saturated rings. The van der Waals surface area contributed by atoms with Gasteiger partial charge in [0.2, 0.25) is 0 Å². The Hall–Kier alpha value is -3.80. The van der Waals surface area contributed by atoms with Crippen molar-refractivity contribution in [1.82, 2.24) is 5.32 Å². The van der Waals surface area contributed by atoms with Crippen LogP contribution in [0.3, 0.4) is 0 Å². The van der Waals surface area contributed by atoms with Crippen LogP contribution < -0.4 is 14.8 Å². The van der Waals surface area contributed by atoms with Crippen LogP contribution in [0, 0.1) is 0 Å². The van der Waals surface area contributed by atoms with Crippen LogP contribution in [0.5, 0.6) is 11.5 Å². The average Bonchev–Trinajstić information content (AvgIpc) is 2.77. The molecule has 3 rings (SSSR count). The topological polar surface area (TPSA) is 73.9 Å². The summed E-state index contributed by atoms with van der Waals surface area (Å²) in [5.74, 6) is 0.695. The lowest BCUT2D eigenvalue weighted by molar-refractivity contribution is -0.138. The quantitative estimate of drug-likeness (QED) is 0.310. The SMILES string of the molecule is C=C(C)C(=O)OCCNC(=O)Oc1cccc2cc(OCCc3ccccc3)ccc12. The highest BCUT2D eigenvalue weighted by Gasteiger charge is 2.09. The molecule has 6 heteroatoms. The summed E-state index contributed by atoms with van der Waals surface area (Å²) in [6, 6.07) is 21.3. The van der Waals surface area contributed by atoms with Crippen LogP contribution in [0.1, 0.15) is 12.5 Å². The molecule has 3 aromatic carbocycles. The first-order valence-corrected chi connectivity index (χ1v) is 10.0. The van der Waals surface area contributed by atoms with E-state index in [-0.39, 0.29) is 13.2 Å². The maximum Gasteiger partial charge on any atom is 0.412 e. The Morgan fingerprint density at radius 1 is 0.968 bits per heavy atom. The summed E-state index contributed by atoms with van der Waals surface area (Å²) in [5.41, 5.74) is 1.53. The Morgan fingerprint density at radius 2 is 1.77 bits per heavy atom. The number of nitrogens with one attached hydrogen (secondary N) is 1. The molecule has 0 saturated heterocycles. The number of rotatable bonds is 9. The second kappa shape index (κ2) is 10.8. The molecule has 160 valence electrons. The summed E-state index contributed by atoms with van der Waals surface area (Å²) in [4.78, 5) is 23.4. The van der Waals surface area contributed by atoms with Gasteiger partial charge < -0.3 is 19.5 Å². The van der Waals surface area contributed by atoms with Gasteiger partial charge >= 0.3 is 12.1 Å². The number of carbonyl (C=O) groups is 2. The lowest BCUT2D eigenvalue weighted by Gasteiger charge is -2.11. The molecule has 0 aliphatic carbocycles. The monoisotopic (exact) mass is 419 g/mol. The molecular formula is C25H25NO5. The zero-order chi connectivity index (χ0) is 22.1. The minimum Gasteiger partial charge on any atom is -0.493 e. The summed E-state index contributed by atoms with van der Waals surface area (Å²) in [7, 11) is 0. The molecule has 0 atom stereocenters. The number of carbonyl (C=O) groups excluding carboxylic acids is 2. The minimum absolute atomic E-state index is 0.0417. The Bertz CT molecular complexity index is 1060. The molecule has 1 amide bonds. The fraction of sp³-hybridized carbons (Fsp3) is 0.200. The van der Waals surface area contributed by atoms with E-state index in [1.165, 1.54) is 5.56 Å². The van der Waals surface area contributed by atoms with Crippen LogP contribution in [0.4, 0.5) is 4.79 Å². The summed E-state index contributed by atoms with van der Waals surface area (Å²) >= 11 is 0. The van der Waals surface area contributed by atoms with Crippen molar-refractivity contribution in [3.8, 4) is 11.5 Å². The second-order valence-electron chi connectivity index (χ2n) is 6.96. The number of fused-ring (bicyclic) bond motifs is 1. The summed E-state index contributed by atoms with van der Waals surface area (Å²) in [6.07, 6.45) is 0.200. The van der Waals surface area contributed by atoms with E-state index in [4.69, 9.17) is 14.2 Å². The highest BCUT2D eigenvalue weighted by Crippen LogP contribution is 2.29. The highest BCUT2D eigenvalue weighted by atomic mass is 16.6. The van der Waals surface area contributed by atoms with E-state index in [2.05, 4.69) is 24.0 Å². The molecule has 0 unspecified atom stereocenters. The predicted octanol–water partition coefficient (Wildman–Crippen LogP) is 4.67. The number of hydrogen-bond acceptors (Lipinski definition) is 5. The van der Waals surface area contributed by atoms with Gasteiger partial charge in [0.15, 0.2) is 0 Å². The zero-order valence-electron chi connectivity index (χ0n) is 17.4. The average molecular weight is 419 g/mol. The zero-order valence-corrected chi connectivity index (χ0v) is 17.4. The van der Waals surface area contributed by atoms with Crippen molar-refractivity contribution >= 4 is 22.8 Å². The van der Waals surface area contributed by atoms with Crippen LogP contribution in [-0.2, 0) is 16.0 Å². The van der Waals surface area contributed by atoms with Gasteiger partial charge in [-0.25, -0.2) is 9.59 Å². The standard InChI is InChI=1S/C25H25NO5/c1-18(2)24(27)30-16-14-26-25(28)31-23-10-6-9-20-17-21(11-12-22(20)23)29-15-13-19-7-4-3-5-8-19/h3-12,17H,1,13-16H2,2H3,(H,26,28). The number of amides is 1.